The van der Waals surface area contributed by atoms with Crippen LogP contribution >= 0.6 is 24.0 Å². The van der Waals surface area contributed by atoms with Crippen LogP contribution in [-0.4, -0.2) is 66.6 Å². The van der Waals surface area contributed by atoms with E-state index in [1.165, 1.54) is 5.56 Å². The molecule has 0 saturated carbocycles. The maximum absolute atomic E-state index is 12.3. The Morgan fingerprint density at radius 2 is 2.03 bits per heavy atom. The van der Waals surface area contributed by atoms with Gasteiger partial charge in [-0.05, 0) is 24.1 Å². The highest BCUT2D eigenvalue weighted by Gasteiger charge is 2.20. The fourth-order valence-corrected chi connectivity index (χ4v) is 3.23. The maximum Gasteiger partial charge on any atom is 0.243 e. The molecule has 3 rings (SSSR count). The minimum absolute atomic E-state index is 0. The average Bonchev–Trinajstić information content (AvgIpc) is 3.23. The molecule has 1 amide bonds. The van der Waals surface area contributed by atoms with E-state index in [-0.39, 0.29) is 36.4 Å². The summed E-state index contributed by atoms with van der Waals surface area (Å²) in [7, 11) is 1.74. The normalized spacial score (nSPS) is 15.0. The number of anilines is 1. The molecule has 2 aromatic rings. The fraction of sp³-hybridized carbons (Fsp3) is 0.450. The van der Waals surface area contributed by atoms with Crippen LogP contribution in [0.4, 0.5) is 5.69 Å². The van der Waals surface area contributed by atoms with Gasteiger partial charge in [0.1, 0.15) is 6.26 Å². The molecular formula is C20H29IN6O2. The molecule has 0 bridgehead atoms. The number of nitrogens with zero attached hydrogens (tertiary/aromatic N) is 4. The Balaban J connectivity index is 0.00000300. The summed E-state index contributed by atoms with van der Waals surface area (Å²) in [5.41, 5.74) is 2.97. The fourth-order valence-electron chi connectivity index (χ4n) is 3.23. The van der Waals surface area contributed by atoms with Gasteiger partial charge in [0.05, 0.1) is 12.2 Å². The highest BCUT2D eigenvalue weighted by molar-refractivity contribution is 14.0. The summed E-state index contributed by atoms with van der Waals surface area (Å²) in [5, 5.41) is 10.1. The molecule has 1 aromatic heterocycles. The topological polar surface area (TPSA) is 86.0 Å². The lowest BCUT2D eigenvalue weighted by Gasteiger charge is -2.36. The predicted octanol–water partition coefficient (Wildman–Crippen LogP) is 2.19. The second kappa shape index (κ2) is 11.8. The van der Waals surface area contributed by atoms with Crippen molar-refractivity contribution in [3.63, 3.8) is 0 Å². The molecule has 2 N–H and O–H groups in total. The molecule has 158 valence electrons. The van der Waals surface area contributed by atoms with E-state index in [4.69, 9.17) is 4.52 Å². The van der Waals surface area contributed by atoms with Crippen LogP contribution in [0.5, 0.6) is 0 Å². The van der Waals surface area contributed by atoms with E-state index in [9.17, 15) is 4.79 Å². The monoisotopic (exact) mass is 512 g/mol. The molecule has 0 aliphatic carbocycles. The lowest BCUT2D eigenvalue weighted by atomic mass is 10.1. The first-order valence-corrected chi connectivity index (χ1v) is 9.64. The van der Waals surface area contributed by atoms with Crippen molar-refractivity contribution in [2.24, 2.45) is 4.99 Å². The molecule has 8 nitrogen and oxygen atoms in total. The molecule has 1 aliphatic heterocycles. The van der Waals surface area contributed by atoms with Crippen molar-refractivity contribution in [1.29, 1.82) is 0 Å². The van der Waals surface area contributed by atoms with Gasteiger partial charge in [-0.2, -0.15) is 0 Å². The van der Waals surface area contributed by atoms with Crippen LogP contribution in [0, 0.1) is 0 Å². The van der Waals surface area contributed by atoms with Crippen LogP contribution < -0.4 is 10.6 Å². The van der Waals surface area contributed by atoms with Crippen LogP contribution in [0.1, 0.15) is 18.2 Å². The van der Waals surface area contributed by atoms with E-state index >= 15 is 0 Å². The van der Waals surface area contributed by atoms with Crippen molar-refractivity contribution in [1.82, 2.24) is 20.3 Å². The number of halogens is 1. The molecule has 1 aromatic carbocycles. The number of carbonyl (C=O) groups is 1. The average molecular weight is 512 g/mol. The number of hydrogen-bond acceptors (Lipinski definition) is 5. The second-order valence-electron chi connectivity index (χ2n) is 6.76. The number of nitrogens with one attached hydrogen (secondary N) is 2. The molecule has 2 heterocycles. The third-order valence-electron chi connectivity index (χ3n) is 4.79. The lowest BCUT2D eigenvalue weighted by Crippen LogP contribution is -2.53. The molecule has 1 saturated heterocycles. The van der Waals surface area contributed by atoms with Crippen molar-refractivity contribution in [2.75, 3.05) is 45.1 Å². The minimum Gasteiger partial charge on any atom is -0.364 e. The Labute approximate surface area is 188 Å². The highest BCUT2D eigenvalue weighted by atomic mass is 127. The van der Waals surface area contributed by atoms with Gasteiger partial charge < -0.3 is 20.1 Å². The van der Waals surface area contributed by atoms with Crippen molar-refractivity contribution in [3.05, 3.63) is 47.9 Å². The molecule has 1 aliphatic rings. The number of rotatable bonds is 6. The van der Waals surface area contributed by atoms with Gasteiger partial charge in [-0.1, -0.05) is 24.2 Å². The maximum atomic E-state index is 12.3. The number of guanidine groups is 1. The van der Waals surface area contributed by atoms with Crippen LogP contribution in [-0.2, 0) is 17.8 Å². The Morgan fingerprint density at radius 1 is 1.24 bits per heavy atom. The molecule has 29 heavy (non-hydrogen) atoms. The number of aryl methyl sites for hydroxylation is 1. The number of piperazine rings is 1. The van der Waals surface area contributed by atoms with E-state index in [0.29, 0.717) is 0 Å². The zero-order valence-electron chi connectivity index (χ0n) is 16.9. The molecule has 1 fully saturated rings. The van der Waals surface area contributed by atoms with E-state index < -0.39 is 0 Å². The third-order valence-corrected chi connectivity index (χ3v) is 4.79. The van der Waals surface area contributed by atoms with Gasteiger partial charge in [0.15, 0.2) is 5.96 Å². The number of aromatic nitrogens is 1. The van der Waals surface area contributed by atoms with Crippen molar-refractivity contribution in [3.8, 4) is 0 Å². The summed E-state index contributed by atoms with van der Waals surface area (Å²) in [5.74, 6) is 0.664. The van der Waals surface area contributed by atoms with E-state index in [1.807, 2.05) is 24.3 Å². The molecule has 0 spiro atoms. The number of benzene rings is 1. The summed E-state index contributed by atoms with van der Waals surface area (Å²) in [6.45, 7) is 6.57. The number of hydrogen-bond donors (Lipinski definition) is 2. The van der Waals surface area contributed by atoms with Gasteiger partial charge in [-0.3, -0.25) is 14.7 Å². The summed E-state index contributed by atoms with van der Waals surface area (Å²) in [6, 6.07) is 9.81. The smallest absolute Gasteiger partial charge is 0.243 e. The second-order valence-corrected chi connectivity index (χ2v) is 6.76. The van der Waals surface area contributed by atoms with Gasteiger partial charge in [0.25, 0.3) is 0 Å². The van der Waals surface area contributed by atoms with Crippen LogP contribution in [0.3, 0.4) is 0 Å². The molecule has 9 heteroatoms. The highest BCUT2D eigenvalue weighted by Crippen LogP contribution is 2.11. The summed E-state index contributed by atoms with van der Waals surface area (Å²) < 4.78 is 4.89. The van der Waals surface area contributed by atoms with Crippen LogP contribution in [0.15, 0.2) is 46.1 Å². The number of carbonyl (C=O) groups excluding carboxylic acids is 1. The van der Waals surface area contributed by atoms with Gasteiger partial charge in [0, 0.05) is 51.5 Å². The molecule has 0 unspecified atom stereocenters. The number of aliphatic imine (C=N–C) groups is 1. The first-order chi connectivity index (χ1) is 13.7. The summed E-state index contributed by atoms with van der Waals surface area (Å²) in [6.07, 6.45) is 2.54. The zero-order valence-corrected chi connectivity index (χ0v) is 19.3. The zero-order chi connectivity index (χ0) is 19.8. The standard InChI is InChI=1S/C20H28N6O2.HI/c1-3-16-5-4-6-17(13-16)23-19(27)14-22-20(21-2)26-10-8-25(9-11-26)15-18-7-12-28-24-18;/h4-7,12-13H,3,8-11,14-15H2,1-2H3,(H,21,22)(H,23,27);1H. The minimum atomic E-state index is -0.0842. The Morgan fingerprint density at radius 3 is 2.69 bits per heavy atom. The van der Waals surface area contributed by atoms with Crippen LogP contribution in [0.2, 0.25) is 0 Å². The van der Waals surface area contributed by atoms with Gasteiger partial charge in [-0.15, -0.1) is 24.0 Å². The Hall–Kier alpha value is -2.14. The van der Waals surface area contributed by atoms with Crippen molar-refractivity contribution in [2.45, 2.75) is 19.9 Å². The lowest BCUT2D eigenvalue weighted by molar-refractivity contribution is -0.115. The summed E-state index contributed by atoms with van der Waals surface area (Å²) in [4.78, 5) is 21.1. The third kappa shape index (κ3) is 7.00. The van der Waals surface area contributed by atoms with Gasteiger partial charge in [-0.25, -0.2) is 0 Å². The largest absolute Gasteiger partial charge is 0.364 e. The Bertz CT molecular complexity index is 788. The van der Waals surface area contributed by atoms with Crippen molar-refractivity contribution >= 4 is 41.5 Å². The van der Waals surface area contributed by atoms with E-state index in [1.54, 1.807) is 13.3 Å². The first kappa shape index (κ1) is 23.1. The molecule has 0 atom stereocenters. The van der Waals surface area contributed by atoms with Gasteiger partial charge >= 0.3 is 0 Å². The molecular weight excluding hydrogens is 483 g/mol. The predicted molar refractivity (Wildman–Crippen MR) is 125 cm³/mol. The van der Waals surface area contributed by atoms with E-state index in [0.717, 1.165) is 56.5 Å². The Kier molecular flexibility index (Phi) is 9.39. The summed E-state index contributed by atoms with van der Waals surface area (Å²) >= 11 is 0. The van der Waals surface area contributed by atoms with Gasteiger partial charge in [0.2, 0.25) is 5.91 Å². The van der Waals surface area contributed by atoms with E-state index in [2.05, 4.69) is 43.6 Å². The number of amides is 1. The van der Waals surface area contributed by atoms with Crippen molar-refractivity contribution < 1.29 is 9.32 Å². The quantitative estimate of drug-likeness (QED) is 0.351. The first-order valence-electron chi connectivity index (χ1n) is 9.64. The SMILES string of the molecule is CCc1cccc(NC(=O)CNC(=NC)N2CCN(Cc3ccon3)CC2)c1.I. The van der Waals surface area contributed by atoms with Crippen LogP contribution in [0.25, 0.3) is 0 Å². The molecule has 0 radical (unpaired) electrons.